The lowest BCUT2D eigenvalue weighted by Gasteiger charge is -2.17. The summed E-state index contributed by atoms with van der Waals surface area (Å²) in [6.07, 6.45) is 6.16. The number of benzene rings is 1. The van der Waals surface area contributed by atoms with Crippen LogP contribution in [-0.2, 0) is 19.3 Å². The molecule has 5 nitrogen and oxygen atoms in total. The number of aromatic nitrogens is 4. The van der Waals surface area contributed by atoms with E-state index in [1.807, 2.05) is 29.8 Å². The minimum Gasteiger partial charge on any atom is -0.497 e. The van der Waals surface area contributed by atoms with Crippen molar-refractivity contribution < 1.29 is 4.74 Å². The van der Waals surface area contributed by atoms with Gasteiger partial charge in [0.1, 0.15) is 22.7 Å². The van der Waals surface area contributed by atoms with Crippen LogP contribution < -0.4 is 4.74 Å². The Labute approximate surface area is 155 Å². The smallest absolute Gasteiger partial charge is 0.172 e. The molecule has 0 aliphatic heterocycles. The normalized spacial score (nSPS) is 16.9. The number of thiophene rings is 1. The number of ether oxygens (including phenoxy) is 1. The first-order chi connectivity index (χ1) is 12.7. The van der Waals surface area contributed by atoms with E-state index >= 15 is 0 Å². The van der Waals surface area contributed by atoms with Crippen LogP contribution in [0.4, 0.5) is 0 Å². The maximum Gasteiger partial charge on any atom is 0.172 e. The van der Waals surface area contributed by atoms with Gasteiger partial charge in [-0.2, -0.15) is 0 Å². The summed E-state index contributed by atoms with van der Waals surface area (Å²) in [6, 6.07) is 8.09. The first-order valence-electron chi connectivity index (χ1n) is 8.98. The van der Waals surface area contributed by atoms with E-state index in [2.05, 4.69) is 33.7 Å². The Hall–Kier alpha value is -2.47. The van der Waals surface area contributed by atoms with Crippen LogP contribution in [0.1, 0.15) is 35.2 Å². The van der Waals surface area contributed by atoms with Crippen LogP contribution in [-0.4, -0.2) is 26.7 Å². The molecule has 0 saturated heterocycles. The maximum atomic E-state index is 5.23. The number of methoxy groups -OCH3 is 1. The third kappa shape index (κ3) is 2.48. The van der Waals surface area contributed by atoms with E-state index in [1.165, 1.54) is 27.8 Å². The quantitative estimate of drug-likeness (QED) is 0.550. The van der Waals surface area contributed by atoms with Crippen molar-refractivity contribution in [3.05, 3.63) is 52.4 Å². The maximum absolute atomic E-state index is 5.23. The second-order valence-electron chi connectivity index (χ2n) is 7.11. The Morgan fingerprint density at radius 1 is 1.23 bits per heavy atom. The van der Waals surface area contributed by atoms with Gasteiger partial charge in [-0.1, -0.05) is 19.1 Å². The van der Waals surface area contributed by atoms with Crippen molar-refractivity contribution in [3.63, 3.8) is 0 Å². The third-order valence-electron chi connectivity index (χ3n) is 5.29. The molecule has 3 aromatic heterocycles. The predicted octanol–water partition coefficient (Wildman–Crippen LogP) is 4.06. The molecule has 0 fully saturated rings. The van der Waals surface area contributed by atoms with Crippen LogP contribution in [0.3, 0.4) is 0 Å². The Bertz CT molecular complexity index is 1100. The Balaban J connectivity index is 1.59. The minimum atomic E-state index is 0.723. The van der Waals surface area contributed by atoms with E-state index in [0.717, 1.165) is 47.2 Å². The van der Waals surface area contributed by atoms with Gasteiger partial charge in [0, 0.05) is 11.3 Å². The SMILES string of the molecule is COc1ccc(Cc2nnc3c4c5c(sc4ncn23)CC[C@H](C)C5)cc1. The van der Waals surface area contributed by atoms with Crippen LogP contribution in [0.2, 0.25) is 0 Å². The van der Waals surface area contributed by atoms with Gasteiger partial charge in [-0.3, -0.25) is 4.40 Å². The highest BCUT2D eigenvalue weighted by Gasteiger charge is 2.23. The van der Waals surface area contributed by atoms with Gasteiger partial charge in [0.15, 0.2) is 5.65 Å². The van der Waals surface area contributed by atoms with Crippen molar-refractivity contribution in [2.24, 2.45) is 5.92 Å². The molecule has 4 aromatic rings. The summed E-state index contributed by atoms with van der Waals surface area (Å²) >= 11 is 1.83. The summed E-state index contributed by atoms with van der Waals surface area (Å²) in [7, 11) is 1.68. The summed E-state index contributed by atoms with van der Waals surface area (Å²) in [5.41, 5.74) is 3.58. The second-order valence-corrected chi connectivity index (χ2v) is 8.19. The van der Waals surface area contributed by atoms with E-state index < -0.39 is 0 Å². The first kappa shape index (κ1) is 15.8. The number of hydrogen-bond acceptors (Lipinski definition) is 5. The molecule has 3 heterocycles. The van der Waals surface area contributed by atoms with Gasteiger partial charge in [-0.25, -0.2) is 4.98 Å². The summed E-state index contributed by atoms with van der Waals surface area (Å²) in [4.78, 5) is 7.30. The molecule has 0 N–H and O–H groups in total. The minimum absolute atomic E-state index is 0.723. The number of nitrogens with zero attached hydrogens (tertiary/aromatic N) is 4. The number of hydrogen-bond donors (Lipinski definition) is 0. The molecule has 1 aliphatic rings. The molecule has 0 bridgehead atoms. The fourth-order valence-electron chi connectivity index (χ4n) is 3.84. The number of fused-ring (bicyclic) bond motifs is 5. The summed E-state index contributed by atoms with van der Waals surface area (Å²) in [6.45, 7) is 2.33. The van der Waals surface area contributed by atoms with Crippen molar-refractivity contribution in [3.8, 4) is 5.75 Å². The fraction of sp³-hybridized carbons (Fsp3) is 0.350. The summed E-state index contributed by atoms with van der Waals surface area (Å²) in [5.74, 6) is 2.51. The molecule has 1 aromatic carbocycles. The van der Waals surface area contributed by atoms with Gasteiger partial charge in [0.2, 0.25) is 0 Å². The van der Waals surface area contributed by atoms with Crippen LogP contribution in [0.25, 0.3) is 15.9 Å². The van der Waals surface area contributed by atoms with Gasteiger partial charge in [-0.05, 0) is 48.4 Å². The standard InChI is InChI=1S/C20H20N4OS/c1-12-3-8-16-15(9-12)18-19-23-22-17(24(19)11-21-20(18)26-16)10-13-4-6-14(25-2)7-5-13/h4-7,11-12H,3,8-10H2,1-2H3/t12-/m0/s1. The average molecular weight is 364 g/mol. The highest BCUT2D eigenvalue weighted by atomic mass is 32.1. The molecular weight excluding hydrogens is 344 g/mol. The molecule has 1 atom stereocenters. The van der Waals surface area contributed by atoms with Crippen molar-refractivity contribution in [1.82, 2.24) is 19.6 Å². The Morgan fingerprint density at radius 3 is 2.88 bits per heavy atom. The van der Waals surface area contributed by atoms with Crippen molar-refractivity contribution in [2.45, 2.75) is 32.6 Å². The van der Waals surface area contributed by atoms with Gasteiger partial charge in [0.05, 0.1) is 12.5 Å². The molecule has 26 heavy (non-hydrogen) atoms. The predicted molar refractivity (Wildman–Crippen MR) is 103 cm³/mol. The van der Waals surface area contributed by atoms with E-state index in [4.69, 9.17) is 9.72 Å². The molecule has 5 rings (SSSR count). The topological polar surface area (TPSA) is 52.3 Å². The largest absolute Gasteiger partial charge is 0.497 e. The molecule has 1 aliphatic carbocycles. The lowest BCUT2D eigenvalue weighted by atomic mass is 9.89. The van der Waals surface area contributed by atoms with Crippen LogP contribution in [0.5, 0.6) is 5.75 Å². The highest BCUT2D eigenvalue weighted by Crippen LogP contribution is 2.38. The second kappa shape index (κ2) is 6.06. The molecule has 0 spiro atoms. The monoisotopic (exact) mass is 364 g/mol. The van der Waals surface area contributed by atoms with Gasteiger partial charge < -0.3 is 4.74 Å². The van der Waals surface area contributed by atoms with E-state index in [0.29, 0.717) is 0 Å². The van der Waals surface area contributed by atoms with Gasteiger partial charge in [-0.15, -0.1) is 21.5 Å². The van der Waals surface area contributed by atoms with Crippen LogP contribution in [0.15, 0.2) is 30.6 Å². The lowest BCUT2D eigenvalue weighted by molar-refractivity contribution is 0.414. The first-order valence-corrected chi connectivity index (χ1v) is 9.80. The van der Waals surface area contributed by atoms with Crippen molar-refractivity contribution >= 4 is 27.2 Å². The molecule has 132 valence electrons. The van der Waals surface area contributed by atoms with E-state index in [-0.39, 0.29) is 0 Å². The number of aryl methyl sites for hydroxylation is 1. The van der Waals surface area contributed by atoms with Crippen LogP contribution >= 0.6 is 11.3 Å². The van der Waals surface area contributed by atoms with Crippen molar-refractivity contribution in [2.75, 3.05) is 7.11 Å². The molecule has 6 heteroatoms. The third-order valence-corrected chi connectivity index (χ3v) is 6.49. The fourth-order valence-corrected chi connectivity index (χ4v) is 5.02. The summed E-state index contributed by atoms with van der Waals surface area (Å²) < 4.78 is 7.29. The zero-order valence-electron chi connectivity index (χ0n) is 14.9. The average Bonchev–Trinajstić information content (AvgIpc) is 3.23. The van der Waals surface area contributed by atoms with Crippen LogP contribution in [0, 0.1) is 5.92 Å². The Morgan fingerprint density at radius 2 is 2.08 bits per heavy atom. The lowest BCUT2D eigenvalue weighted by Crippen LogP contribution is -2.09. The summed E-state index contributed by atoms with van der Waals surface area (Å²) in [5, 5.41) is 10.2. The molecule has 0 amide bonds. The molecule has 0 radical (unpaired) electrons. The highest BCUT2D eigenvalue weighted by molar-refractivity contribution is 7.19. The van der Waals surface area contributed by atoms with Gasteiger partial charge >= 0.3 is 0 Å². The zero-order chi connectivity index (χ0) is 17.7. The molecular formula is C20H20N4OS. The molecule has 0 saturated carbocycles. The van der Waals surface area contributed by atoms with E-state index in [9.17, 15) is 0 Å². The Kier molecular flexibility index (Phi) is 3.67. The molecule has 0 unspecified atom stereocenters. The zero-order valence-corrected chi connectivity index (χ0v) is 15.7. The van der Waals surface area contributed by atoms with E-state index in [1.54, 1.807) is 7.11 Å². The van der Waals surface area contributed by atoms with Gasteiger partial charge in [0.25, 0.3) is 0 Å². The van der Waals surface area contributed by atoms with Crippen molar-refractivity contribution in [1.29, 1.82) is 0 Å². The number of rotatable bonds is 3.